The number of allylic oxidation sites excluding steroid dienone is 1. The van der Waals surface area contributed by atoms with Gasteiger partial charge < -0.3 is 18.9 Å². The molecule has 10 heteroatoms. The number of ketones is 1. The number of carbonyl (C=O) groups excluding carboxylic acids is 3. The second-order valence-corrected chi connectivity index (χ2v) is 9.46. The molecule has 0 fully saturated rings. The highest BCUT2D eigenvalue weighted by molar-refractivity contribution is 7.14. The molecular formula is C30H28FNO7S. The van der Waals surface area contributed by atoms with Gasteiger partial charge in [-0.15, -0.1) is 11.3 Å². The average molecular weight is 566 g/mol. The van der Waals surface area contributed by atoms with E-state index in [-0.39, 0.29) is 48.1 Å². The van der Waals surface area contributed by atoms with Crippen LogP contribution in [0.4, 0.5) is 4.39 Å². The number of nitriles is 1. The Morgan fingerprint density at radius 2 is 1.73 bits per heavy atom. The van der Waals surface area contributed by atoms with Crippen LogP contribution in [-0.2, 0) is 27.3 Å². The maximum atomic E-state index is 13.9. The summed E-state index contributed by atoms with van der Waals surface area (Å²) >= 11 is 0.967. The summed E-state index contributed by atoms with van der Waals surface area (Å²) in [5, 5.41) is 9.74. The number of benzene rings is 2. The summed E-state index contributed by atoms with van der Waals surface area (Å²) in [7, 11) is 1.44. The lowest BCUT2D eigenvalue weighted by molar-refractivity contribution is -0.114. The number of nitrogens with zero attached hydrogens (tertiary/aromatic N) is 1. The normalized spacial score (nSPS) is 10.9. The van der Waals surface area contributed by atoms with Gasteiger partial charge in [-0.05, 0) is 56.2 Å². The Morgan fingerprint density at radius 1 is 1.02 bits per heavy atom. The van der Waals surface area contributed by atoms with E-state index in [1.54, 1.807) is 57.2 Å². The smallest absolute Gasteiger partial charge is 0.348 e. The van der Waals surface area contributed by atoms with Gasteiger partial charge >= 0.3 is 11.9 Å². The molecule has 0 spiro atoms. The SMILES string of the molecule is CCOC(=O)c1sc(CC(=O)/C(C#N)=C/c2ccc(OCc3ccccc3F)c(OC)c2)c(C(=O)OCC)c1C. The first-order valence-electron chi connectivity index (χ1n) is 12.4. The van der Waals surface area contributed by atoms with Crippen molar-refractivity contribution in [3.63, 3.8) is 0 Å². The van der Waals surface area contributed by atoms with Crippen LogP contribution in [0.25, 0.3) is 6.08 Å². The first-order chi connectivity index (χ1) is 19.2. The van der Waals surface area contributed by atoms with Crippen LogP contribution in [0, 0.1) is 24.1 Å². The van der Waals surface area contributed by atoms with Gasteiger partial charge in [-0.3, -0.25) is 4.79 Å². The molecule has 0 bridgehead atoms. The fourth-order valence-electron chi connectivity index (χ4n) is 3.81. The second kappa shape index (κ2) is 14.1. The van der Waals surface area contributed by atoms with Crippen molar-refractivity contribution in [1.29, 1.82) is 5.26 Å². The summed E-state index contributed by atoms with van der Waals surface area (Å²) in [6, 6.07) is 13.0. The van der Waals surface area contributed by atoms with Crippen molar-refractivity contribution >= 4 is 35.1 Å². The molecule has 0 amide bonds. The van der Waals surface area contributed by atoms with Gasteiger partial charge in [0.2, 0.25) is 0 Å². The lowest BCUT2D eigenvalue weighted by atomic mass is 10.0. The van der Waals surface area contributed by atoms with Crippen molar-refractivity contribution in [2.45, 2.75) is 33.8 Å². The molecule has 208 valence electrons. The van der Waals surface area contributed by atoms with Crippen molar-refractivity contribution < 1.29 is 37.7 Å². The zero-order valence-corrected chi connectivity index (χ0v) is 23.4. The van der Waals surface area contributed by atoms with E-state index in [1.165, 1.54) is 19.3 Å². The third-order valence-electron chi connectivity index (χ3n) is 5.74. The molecule has 0 N–H and O–H groups in total. The lowest BCUT2D eigenvalue weighted by Gasteiger charge is -2.12. The molecule has 3 aromatic rings. The van der Waals surface area contributed by atoms with Gasteiger partial charge in [0.1, 0.15) is 23.4 Å². The minimum atomic E-state index is -0.659. The van der Waals surface area contributed by atoms with Gasteiger partial charge in [0.25, 0.3) is 0 Å². The molecule has 0 aliphatic rings. The number of esters is 2. The standard InChI is InChI=1S/C30H28FNO7S/c1-5-37-29(34)27-18(3)28(30(35)38-6-2)40-26(27)15-23(33)21(16-32)13-19-11-12-24(25(14-19)36-4)39-17-20-9-7-8-10-22(20)31/h7-14H,5-6,15,17H2,1-4H3/b21-13+. The molecule has 2 aromatic carbocycles. The molecule has 1 aromatic heterocycles. The summed E-state index contributed by atoms with van der Waals surface area (Å²) in [5.74, 6) is -1.52. The van der Waals surface area contributed by atoms with E-state index in [9.17, 15) is 24.0 Å². The number of halogens is 1. The fraction of sp³-hybridized carbons (Fsp3) is 0.267. The predicted molar refractivity (Wildman–Crippen MR) is 147 cm³/mol. The van der Waals surface area contributed by atoms with Crippen molar-refractivity contribution in [3.05, 3.63) is 85.9 Å². The highest BCUT2D eigenvalue weighted by atomic mass is 32.1. The number of carbonyl (C=O) groups is 3. The molecule has 0 atom stereocenters. The molecule has 0 saturated heterocycles. The number of hydrogen-bond donors (Lipinski definition) is 0. The fourth-order valence-corrected chi connectivity index (χ4v) is 4.99. The van der Waals surface area contributed by atoms with Crippen molar-refractivity contribution in [2.24, 2.45) is 0 Å². The Hall–Kier alpha value is -4.49. The van der Waals surface area contributed by atoms with E-state index < -0.39 is 17.7 Å². The van der Waals surface area contributed by atoms with E-state index in [0.717, 1.165) is 11.3 Å². The summed E-state index contributed by atoms with van der Waals surface area (Å²) in [6.45, 7) is 5.15. The van der Waals surface area contributed by atoms with E-state index in [0.29, 0.717) is 33.1 Å². The molecule has 0 aliphatic heterocycles. The summed E-state index contributed by atoms with van der Waals surface area (Å²) < 4.78 is 35.2. The largest absolute Gasteiger partial charge is 0.493 e. The summed E-state index contributed by atoms with van der Waals surface area (Å²) in [5.41, 5.74) is 1.19. The Labute approximate surface area is 235 Å². The molecule has 1 heterocycles. The minimum Gasteiger partial charge on any atom is -0.493 e. The predicted octanol–water partition coefficient (Wildman–Crippen LogP) is 5.86. The monoisotopic (exact) mass is 565 g/mol. The van der Waals surface area contributed by atoms with Crippen LogP contribution in [0.1, 0.15) is 55.4 Å². The van der Waals surface area contributed by atoms with Crippen LogP contribution in [-0.4, -0.2) is 38.0 Å². The van der Waals surface area contributed by atoms with E-state index in [1.807, 2.05) is 6.07 Å². The molecule has 0 saturated carbocycles. The van der Waals surface area contributed by atoms with Crippen molar-refractivity contribution in [2.75, 3.05) is 20.3 Å². The zero-order chi connectivity index (χ0) is 29.2. The highest BCUT2D eigenvalue weighted by Crippen LogP contribution is 2.32. The lowest BCUT2D eigenvalue weighted by Crippen LogP contribution is -2.12. The first-order valence-corrected chi connectivity index (χ1v) is 13.2. The Balaban J connectivity index is 1.86. The van der Waals surface area contributed by atoms with Crippen LogP contribution in [0.3, 0.4) is 0 Å². The quantitative estimate of drug-likeness (QED) is 0.153. The Morgan fingerprint density at radius 3 is 2.38 bits per heavy atom. The van der Waals surface area contributed by atoms with Gasteiger partial charge in [0.15, 0.2) is 17.3 Å². The first kappa shape index (κ1) is 30.1. The maximum Gasteiger partial charge on any atom is 0.348 e. The van der Waals surface area contributed by atoms with Crippen LogP contribution in [0.15, 0.2) is 48.0 Å². The number of ether oxygens (including phenoxy) is 4. The van der Waals surface area contributed by atoms with E-state index in [4.69, 9.17) is 18.9 Å². The summed E-state index contributed by atoms with van der Waals surface area (Å²) in [6.07, 6.45) is 1.10. The number of Topliss-reactive ketones (excluding diaryl/α,β-unsaturated/α-hetero) is 1. The maximum absolute atomic E-state index is 13.9. The highest BCUT2D eigenvalue weighted by Gasteiger charge is 2.28. The molecular weight excluding hydrogens is 537 g/mol. The Bertz CT molecular complexity index is 1490. The van der Waals surface area contributed by atoms with Crippen LogP contribution in [0.2, 0.25) is 0 Å². The average Bonchev–Trinajstić information content (AvgIpc) is 3.27. The topological polar surface area (TPSA) is 112 Å². The number of hydrogen-bond acceptors (Lipinski definition) is 9. The molecule has 0 radical (unpaired) electrons. The van der Waals surface area contributed by atoms with Gasteiger partial charge in [-0.25, -0.2) is 14.0 Å². The van der Waals surface area contributed by atoms with Crippen LogP contribution in [0.5, 0.6) is 11.5 Å². The number of methoxy groups -OCH3 is 1. The molecule has 0 unspecified atom stereocenters. The van der Waals surface area contributed by atoms with Gasteiger partial charge in [0.05, 0.1) is 31.5 Å². The molecule has 40 heavy (non-hydrogen) atoms. The van der Waals surface area contributed by atoms with Gasteiger partial charge in [-0.1, -0.05) is 24.3 Å². The van der Waals surface area contributed by atoms with Crippen molar-refractivity contribution in [1.82, 2.24) is 0 Å². The Kier molecular flexibility index (Phi) is 10.6. The molecule has 8 nitrogen and oxygen atoms in total. The van der Waals surface area contributed by atoms with Gasteiger partial charge in [0, 0.05) is 16.9 Å². The van der Waals surface area contributed by atoms with Gasteiger partial charge in [-0.2, -0.15) is 5.26 Å². The molecule has 0 aliphatic carbocycles. The van der Waals surface area contributed by atoms with Crippen LogP contribution < -0.4 is 9.47 Å². The van der Waals surface area contributed by atoms with E-state index >= 15 is 0 Å². The zero-order valence-electron chi connectivity index (χ0n) is 22.5. The van der Waals surface area contributed by atoms with E-state index in [2.05, 4.69) is 0 Å². The number of rotatable bonds is 12. The second-order valence-electron chi connectivity index (χ2n) is 8.36. The number of thiophene rings is 1. The summed E-state index contributed by atoms with van der Waals surface area (Å²) in [4.78, 5) is 38.7. The molecule has 3 rings (SSSR count). The third-order valence-corrected chi connectivity index (χ3v) is 7.01. The third kappa shape index (κ3) is 7.12. The van der Waals surface area contributed by atoms with Crippen molar-refractivity contribution in [3.8, 4) is 17.6 Å². The van der Waals surface area contributed by atoms with Crippen LogP contribution >= 0.6 is 11.3 Å². The minimum absolute atomic E-state index is 0.0169.